The second kappa shape index (κ2) is 7.31. The lowest BCUT2D eigenvalue weighted by Gasteiger charge is -2.30. The molecule has 2 rings (SSSR count). The topological polar surface area (TPSA) is 46.3 Å². The van der Waals surface area contributed by atoms with Gasteiger partial charge in [0, 0.05) is 40.7 Å². The lowest BCUT2D eigenvalue weighted by molar-refractivity contribution is -0.131. The average molecular weight is 343 g/mol. The standard InChI is InChI=1S/C14H19BrN2OS/c15-11-1-3-13(4-2-11)19-10-7-14(18)17-8-5-12(16)6-9-17/h1-4,12H,5-10,16H2. The third-order valence-electron chi connectivity index (χ3n) is 3.29. The lowest BCUT2D eigenvalue weighted by atomic mass is 10.1. The third-order valence-corrected chi connectivity index (χ3v) is 4.83. The number of nitrogens with two attached hydrogens (primary N) is 1. The van der Waals surface area contributed by atoms with Crippen molar-refractivity contribution in [1.29, 1.82) is 0 Å². The van der Waals surface area contributed by atoms with Crippen molar-refractivity contribution < 1.29 is 4.79 Å². The first-order chi connectivity index (χ1) is 9.15. The van der Waals surface area contributed by atoms with Crippen molar-refractivity contribution >= 4 is 33.6 Å². The molecule has 104 valence electrons. The van der Waals surface area contributed by atoms with Gasteiger partial charge in [0.15, 0.2) is 0 Å². The summed E-state index contributed by atoms with van der Waals surface area (Å²) in [6.07, 6.45) is 2.48. The number of rotatable bonds is 4. The number of halogens is 1. The van der Waals surface area contributed by atoms with Gasteiger partial charge in [0.25, 0.3) is 0 Å². The molecule has 0 aliphatic carbocycles. The average Bonchev–Trinajstić information content (AvgIpc) is 2.41. The summed E-state index contributed by atoms with van der Waals surface area (Å²) < 4.78 is 1.08. The van der Waals surface area contributed by atoms with Crippen molar-refractivity contribution in [2.24, 2.45) is 5.73 Å². The van der Waals surface area contributed by atoms with Gasteiger partial charge in [-0.25, -0.2) is 0 Å². The number of carbonyl (C=O) groups is 1. The molecule has 1 aromatic rings. The Morgan fingerprint density at radius 1 is 1.32 bits per heavy atom. The summed E-state index contributed by atoms with van der Waals surface area (Å²) in [5.74, 6) is 1.10. The Morgan fingerprint density at radius 2 is 1.95 bits per heavy atom. The highest BCUT2D eigenvalue weighted by atomic mass is 79.9. The predicted molar refractivity (Wildman–Crippen MR) is 83.3 cm³/mol. The molecule has 2 N–H and O–H groups in total. The SMILES string of the molecule is NC1CCN(C(=O)CCSc2ccc(Br)cc2)CC1. The minimum Gasteiger partial charge on any atom is -0.343 e. The summed E-state index contributed by atoms with van der Waals surface area (Å²) in [6.45, 7) is 1.64. The Balaban J connectivity index is 1.70. The van der Waals surface area contributed by atoms with Crippen LogP contribution in [0.1, 0.15) is 19.3 Å². The molecule has 0 radical (unpaired) electrons. The highest BCUT2D eigenvalue weighted by molar-refractivity contribution is 9.10. The van der Waals surface area contributed by atoms with E-state index in [0.717, 1.165) is 36.2 Å². The van der Waals surface area contributed by atoms with E-state index in [-0.39, 0.29) is 11.9 Å². The molecule has 19 heavy (non-hydrogen) atoms. The lowest BCUT2D eigenvalue weighted by Crippen LogP contribution is -2.42. The van der Waals surface area contributed by atoms with E-state index in [0.29, 0.717) is 6.42 Å². The zero-order valence-corrected chi connectivity index (χ0v) is 13.3. The molecule has 3 nitrogen and oxygen atoms in total. The van der Waals surface area contributed by atoms with Crippen molar-refractivity contribution in [1.82, 2.24) is 4.90 Å². The summed E-state index contributed by atoms with van der Waals surface area (Å²) in [5.41, 5.74) is 5.84. The number of nitrogens with zero attached hydrogens (tertiary/aromatic N) is 1. The van der Waals surface area contributed by atoms with Crippen LogP contribution in [0.4, 0.5) is 0 Å². The van der Waals surface area contributed by atoms with Crippen molar-refractivity contribution in [3.63, 3.8) is 0 Å². The molecule has 1 saturated heterocycles. The summed E-state index contributed by atoms with van der Waals surface area (Å²) >= 11 is 5.14. The molecule has 1 aromatic carbocycles. The molecule has 0 unspecified atom stereocenters. The number of hydrogen-bond acceptors (Lipinski definition) is 3. The van der Waals surface area contributed by atoms with E-state index < -0.39 is 0 Å². The number of amides is 1. The minimum atomic E-state index is 0.261. The second-order valence-electron chi connectivity index (χ2n) is 4.77. The molecule has 1 heterocycles. The second-order valence-corrected chi connectivity index (χ2v) is 6.85. The molecule has 0 bridgehead atoms. The Bertz CT molecular complexity index is 416. The molecule has 1 aliphatic rings. The van der Waals surface area contributed by atoms with Gasteiger partial charge in [0.2, 0.25) is 5.91 Å². The van der Waals surface area contributed by atoms with Crippen LogP contribution in [0.3, 0.4) is 0 Å². The smallest absolute Gasteiger partial charge is 0.223 e. The number of hydrogen-bond donors (Lipinski definition) is 1. The predicted octanol–water partition coefficient (Wildman–Crippen LogP) is 2.88. The van der Waals surface area contributed by atoms with Gasteiger partial charge in [-0.3, -0.25) is 4.79 Å². The Morgan fingerprint density at radius 3 is 2.58 bits per heavy atom. The molecular weight excluding hydrogens is 324 g/mol. The van der Waals surface area contributed by atoms with Gasteiger partial charge < -0.3 is 10.6 Å². The maximum Gasteiger partial charge on any atom is 0.223 e. The number of thioether (sulfide) groups is 1. The number of benzene rings is 1. The van der Waals surface area contributed by atoms with Gasteiger partial charge in [-0.2, -0.15) is 0 Å². The zero-order valence-electron chi connectivity index (χ0n) is 10.8. The first-order valence-corrected chi connectivity index (χ1v) is 8.35. The zero-order chi connectivity index (χ0) is 13.7. The number of likely N-dealkylation sites (tertiary alicyclic amines) is 1. The summed E-state index contributed by atoms with van der Waals surface area (Å²) in [7, 11) is 0. The van der Waals surface area contributed by atoms with Crippen LogP contribution in [-0.2, 0) is 4.79 Å². The van der Waals surface area contributed by atoms with Crippen LogP contribution in [0.15, 0.2) is 33.6 Å². The molecule has 1 amide bonds. The Hall–Kier alpha value is -0.520. The highest BCUT2D eigenvalue weighted by Gasteiger charge is 2.19. The van der Waals surface area contributed by atoms with Crippen LogP contribution in [0, 0.1) is 0 Å². The van der Waals surface area contributed by atoms with Gasteiger partial charge in [-0.05, 0) is 37.1 Å². The van der Waals surface area contributed by atoms with E-state index in [1.165, 1.54) is 4.90 Å². The fourth-order valence-corrected chi connectivity index (χ4v) is 3.20. The van der Waals surface area contributed by atoms with Gasteiger partial charge in [-0.1, -0.05) is 15.9 Å². The fourth-order valence-electron chi connectivity index (χ4n) is 2.09. The van der Waals surface area contributed by atoms with Crippen LogP contribution in [0.5, 0.6) is 0 Å². The Labute approximate surface area is 127 Å². The van der Waals surface area contributed by atoms with Gasteiger partial charge in [-0.15, -0.1) is 11.8 Å². The molecule has 1 aliphatic heterocycles. The molecule has 0 atom stereocenters. The van der Waals surface area contributed by atoms with Crippen LogP contribution in [-0.4, -0.2) is 35.7 Å². The van der Waals surface area contributed by atoms with Crippen molar-refractivity contribution in [3.05, 3.63) is 28.7 Å². The van der Waals surface area contributed by atoms with Crippen LogP contribution < -0.4 is 5.73 Å². The maximum atomic E-state index is 12.0. The van der Waals surface area contributed by atoms with E-state index in [1.807, 2.05) is 17.0 Å². The summed E-state index contributed by atoms with van der Waals surface area (Å²) in [4.78, 5) is 15.2. The maximum absolute atomic E-state index is 12.0. The number of carbonyl (C=O) groups excluding carboxylic acids is 1. The first kappa shape index (κ1) is 14.9. The fraction of sp³-hybridized carbons (Fsp3) is 0.500. The third kappa shape index (κ3) is 4.82. The van der Waals surface area contributed by atoms with Crippen molar-refractivity contribution in [2.75, 3.05) is 18.8 Å². The first-order valence-electron chi connectivity index (χ1n) is 6.57. The molecule has 0 spiro atoms. The Kier molecular flexibility index (Phi) is 5.73. The van der Waals surface area contributed by atoms with E-state index in [2.05, 4.69) is 28.1 Å². The molecule has 1 fully saturated rings. The summed E-state index contributed by atoms with van der Waals surface area (Å²) in [6, 6.07) is 8.46. The molecule has 5 heteroatoms. The largest absolute Gasteiger partial charge is 0.343 e. The van der Waals surface area contributed by atoms with Gasteiger partial charge >= 0.3 is 0 Å². The van der Waals surface area contributed by atoms with Gasteiger partial charge in [0.05, 0.1) is 0 Å². The summed E-state index contributed by atoms with van der Waals surface area (Å²) in [5, 5.41) is 0. The quantitative estimate of drug-likeness (QED) is 0.855. The minimum absolute atomic E-state index is 0.261. The normalized spacial score (nSPS) is 16.6. The van der Waals surface area contributed by atoms with Crippen molar-refractivity contribution in [2.45, 2.75) is 30.2 Å². The molecule has 0 saturated carbocycles. The van der Waals surface area contributed by atoms with Crippen molar-refractivity contribution in [3.8, 4) is 0 Å². The van der Waals surface area contributed by atoms with E-state index in [4.69, 9.17) is 5.73 Å². The van der Waals surface area contributed by atoms with E-state index >= 15 is 0 Å². The van der Waals surface area contributed by atoms with Crippen LogP contribution >= 0.6 is 27.7 Å². The van der Waals surface area contributed by atoms with E-state index in [9.17, 15) is 4.79 Å². The number of piperidine rings is 1. The highest BCUT2D eigenvalue weighted by Crippen LogP contribution is 2.21. The van der Waals surface area contributed by atoms with Gasteiger partial charge in [0.1, 0.15) is 0 Å². The monoisotopic (exact) mass is 342 g/mol. The molecular formula is C14H19BrN2OS. The van der Waals surface area contributed by atoms with Crippen LogP contribution in [0.25, 0.3) is 0 Å². The van der Waals surface area contributed by atoms with E-state index in [1.54, 1.807) is 11.8 Å². The molecule has 0 aromatic heterocycles. The van der Waals surface area contributed by atoms with Crippen LogP contribution in [0.2, 0.25) is 0 Å².